The molecule has 0 fully saturated rings. The highest BCUT2D eigenvalue weighted by molar-refractivity contribution is 7.98. The van der Waals surface area contributed by atoms with Crippen molar-refractivity contribution in [3.05, 3.63) is 54.1 Å². The SMILES string of the molecule is CSc1cc(C(Cl)CCC(=O)O)ccc1-c1ccccc1. The van der Waals surface area contributed by atoms with Crippen LogP contribution in [0, 0.1) is 0 Å². The summed E-state index contributed by atoms with van der Waals surface area (Å²) in [5, 5.41) is 8.47. The normalized spacial score (nSPS) is 12.1. The van der Waals surface area contributed by atoms with Crippen LogP contribution in [0.25, 0.3) is 11.1 Å². The zero-order valence-corrected chi connectivity index (χ0v) is 13.3. The number of hydrogen-bond acceptors (Lipinski definition) is 2. The minimum atomic E-state index is -0.813. The summed E-state index contributed by atoms with van der Waals surface area (Å²) in [6.07, 6.45) is 2.56. The molecule has 2 nitrogen and oxygen atoms in total. The van der Waals surface area contributed by atoms with Crippen molar-refractivity contribution >= 4 is 29.3 Å². The first-order chi connectivity index (χ1) is 10.1. The molecule has 0 aliphatic heterocycles. The number of carboxylic acids is 1. The van der Waals surface area contributed by atoms with Crippen LogP contribution in [0.15, 0.2) is 53.4 Å². The Balaban J connectivity index is 2.26. The maximum absolute atomic E-state index is 10.6. The highest BCUT2D eigenvalue weighted by atomic mass is 35.5. The summed E-state index contributed by atoms with van der Waals surface area (Å²) in [4.78, 5) is 11.8. The molecule has 0 spiro atoms. The van der Waals surface area contributed by atoms with E-state index in [2.05, 4.69) is 24.3 Å². The van der Waals surface area contributed by atoms with Crippen LogP contribution >= 0.6 is 23.4 Å². The van der Waals surface area contributed by atoms with Crippen LogP contribution in [0.5, 0.6) is 0 Å². The number of alkyl halides is 1. The molecule has 21 heavy (non-hydrogen) atoms. The maximum atomic E-state index is 10.6. The summed E-state index contributed by atoms with van der Waals surface area (Å²) >= 11 is 7.98. The maximum Gasteiger partial charge on any atom is 0.303 e. The number of carbonyl (C=O) groups is 1. The molecule has 1 unspecified atom stereocenters. The highest BCUT2D eigenvalue weighted by Gasteiger charge is 2.13. The van der Waals surface area contributed by atoms with Crippen LogP contribution in [0.3, 0.4) is 0 Å². The van der Waals surface area contributed by atoms with Crippen LogP contribution in [0.1, 0.15) is 23.8 Å². The van der Waals surface area contributed by atoms with Gasteiger partial charge in [0.15, 0.2) is 0 Å². The second-order valence-electron chi connectivity index (χ2n) is 4.73. The first kappa shape index (κ1) is 15.9. The molecule has 1 N–H and O–H groups in total. The van der Waals surface area contributed by atoms with E-state index in [1.54, 1.807) is 11.8 Å². The van der Waals surface area contributed by atoms with E-state index in [-0.39, 0.29) is 11.8 Å². The molecule has 0 amide bonds. The lowest BCUT2D eigenvalue weighted by Crippen LogP contribution is -1.99. The molecule has 0 aromatic heterocycles. The van der Waals surface area contributed by atoms with Gasteiger partial charge in [0, 0.05) is 11.3 Å². The Morgan fingerprint density at radius 1 is 1.24 bits per heavy atom. The summed E-state index contributed by atoms with van der Waals surface area (Å²) < 4.78 is 0. The molecule has 0 saturated heterocycles. The van der Waals surface area contributed by atoms with Gasteiger partial charge in [-0.1, -0.05) is 42.5 Å². The molecule has 0 saturated carbocycles. The fourth-order valence-corrected chi connectivity index (χ4v) is 3.08. The number of aliphatic carboxylic acids is 1. The molecule has 0 bridgehead atoms. The van der Waals surface area contributed by atoms with Crippen LogP contribution in [0.4, 0.5) is 0 Å². The molecule has 4 heteroatoms. The van der Waals surface area contributed by atoms with Crippen molar-refractivity contribution < 1.29 is 9.90 Å². The standard InChI is InChI=1S/C17H17ClO2S/c1-21-16-11-13(15(18)9-10-17(19)20)7-8-14(16)12-5-3-2-4-6-12/h2-8,11,15H,9-10H2,1H3,(H,19,20). The molecule has 110 valence electrons. The van der Waals surface area contributed by atoms with E-state index in [4.69, 9.17) is 16.7 Å². The first-order valence-corrected chi connectivity index (χ1v) is 8.37. The quantitative estimate of drug-likeness (QED) is 0.585. The fourth-order valence-electron chi connectivity index (χ4n) is 2.18. The van der Waals surface area contributed by atoms with E-state index in [0.717, 1.165) is 10.5 Å². The molecular formula is C17H17ClO2S. The Morgan fingerprint density at radius 2 is 1.95 bits per heavy atom. The average Bonchev–Trinajstić information content (AvgIpc) is 2.52. The van der Waals surface area contributed by atoms with E-state index < -0.39 is 5.97 Å². The molecule has 2 aromatic carbocycles. The van der Waals surface area contributed by atoms with Gasteiger partial charge in [-0.3, -0.25) is 4.79 Å². The fraction of sp³-hybridized carbons (Fsp3) is 0.235. The van der Waals surface area contributed by atoms with Crippen molar-refractivity contribution in [2.45, 2.75) is 23.1 Å². The smallest absolute Gasteiger partial charge is 0.303 e. The van der Waals surface area contributed by atoms with Gasteiger partial charge in [-0.2, -0.15) is 0 Å². The zero-order valence-electron chi connectivity index (χ0n) is 11.8. The summed E-state index contributed by atoms with van der Waals surface area (Å²) in [5.41, 5.74) is 3.32. The molecular weight excluding hydrogens is 304 g/mol. The first-order valence-electron chi connectivity index (χ1n) is 6.71. The van der Waals surface area contributed by atoms with Crippen LogP contribution in [-0.2, 0) is 4.79 Å². The molecule has 0 radical (unpaired) electrons. The number of rotatable bonds is 6. The Bertz CT molecular complexity index is 613. The Labute approximate surface area is 134 Å². The summed E-state index contributed by atoms with van der Waals surface area (Å²) in [7, 11) is 0. The molecule has 1 atom stereocenters. The second kappa shape index (κ2) is 7.53. The molecule has 0 aliphatic rings. The third-order valence-corrected chi connectivity index (χ3v) is 4.53. The van der Waals surface area contributed by atoms with Gasteiger partial charge in [0.2, 0.25) is 0 Å². The molecule has 2 aromatic rings. The van der Waals surface area contributed by atoms with Gasteiger partial charge in [-0.15, -0.1) is 23.4 Å². The summed E-state index contributed by atoms with van der Waals surface area (Å²) in [5.74, 6) is -0.813. The predicted octanol–water partition coefficient (Wildman–Crippen LogP) is 5.22. The number of halogens is 1. The largest absolute Gasteiger partial charge is 0.481 e. The van der Waals surface area contributed by atoms with Gasteiger partial charge < -0.3 is 5.11 Å². The Morgan fingerprint density at radius 3 is 2.57 bits per heavy atom. The van der Waals surface area contributed by atoms with E-state index in [0.29, 0.717) is 6.42 Å². The van der Waals surface area contributed by atoms with Crippen molar-refractivity contribution in [1.29, 1.82) is 0 Å². The van der Waals surface area contributed by atoms with E-state index in [1.165, 1.54) is 11.1 Å². The average molecular weight is 321 g/mol. The lowest BCUT2D eigenvalue weighted by Gasteiger charge is -2.13. The van der Waals surface area contributed by atoms with Crippen LogP contribution in [0.2, 0.25) is 0 Å². The third-order valence-electron chi connectivity index (χ3n) is 3.28. The number of hydrogen-bond donors (Lipinski definition) is 1. The highest BCUT2D eigenvalue weighted by Crippen LogP contribution is 2.35. The minimum absolute atomic E-state index is 0.0865. The molecule has 2 rings (SSSR count). The Kier molecular flexibility index (Phi) is 5.71. The second-order valence-corrected chi connectivity index (χ2v) is 6.10. The van der Waals surface area contributed by atoms with Gasteiger partial charge in [-0.25, -0.2) is 0 Å². The lowest BCUT2D eigenvalue weighted by molar-refractivity contribution is -0.137. The number of thioether (sulfide) groups is 1. The van der Waals surface area contributed by atoms with Crippen LogP contribution in [-0.4, -0.2) is 17.3 Å². The van der Waals surface area contributed by atoms with Gasteiger partial charge >= 0.3 is 5.97 Å². The van der Waals surface area contributed by atoms with Crippen molar-refractivity contribution in [3.8, 4) is 11.1 Å². The Hall–Kier alpha value is -1.45. The van der Waals surface area contributed by atoms with E-state index in [9.17, 15) is 4.79 Å². The summed E-state index contributed by atoms with van der Waals surface area (Å²) in [6, 6.07) is 16.3. The zero-order chi connectivity index (χ0) is 15.2. The monoisotopic (exact) mass is 320 g/mol. The van der Waals surface area contributed by atoms with Crippen molar-refractivity contribution in [3.63, 3.8) is 0 Å². The van der Waals surface area contributed by atoms with Gasteiger partial charge in [-0.05, 0) is 35.4 Å². The van der Waals surface area contributed by atoms with Gasteiger partial charge in [0.1, 0.15) is 0 Å². The van der Waals surface area contributed by atoms with Crippen LogP contribution < -0.4 is 0 Å². The van der Waals surface area contributed by atoms with Gasteiger partial charge in [0.25, 0.3) is 0 Å². The predicted molar refractivity (Wildman–Crippen MR) is 89.1 cm³/mol. The van der Waals surface area contributed by atoms with E-state index in [1.807, 2.05) is 30.5 Å². The lowest BCUT2D eigenvalue weighted by atomic mass is 10.0. The minimum Gasteiger partial charge on any atom is -0.481 e. The van der Waals surface area contributed by atoms with E-state index >= 15 is 0 Å². The van der Waals surface area contributed by atoms with Crippen molar-refractivity contribution in [1.82, 2.24) is 0 Å². The molecule has 0 heterocycles. The third kappa shape index (κ3) is 4.26. The molecule has 0 aliphatic carbocycles. The topological polar surface area (TPSA) is 37.3 Å². The van der Waals surface area contributed by atoms with Crippen molar-refractivity contribution in [2.75, 3.05) is 6.26 Å². The summed E-state index contributed by atoms with van der Waals surface area (Å²) in [6.45, 7) is 0. The number of carboxylic acid groups (broad SMARTS) is 1. The van der Waals surface area contributed by atoms with Gasteiger partial charge in [0.05, 0.1) is 5.38 Å². The van der Waals surface area contributed by atoms with Crippen molar-refractivity contribution in [2.24, 2.45) is 0 Å². The number of benzene rings is 2.